The van der Waals surface area contributed by atoms with Crippen LogP contribution >= 0.6 is 0 Å². The fourth-order valence-corrected chi connectivity index (χ4v) is 3.02. The number of nitrogens with zero attached hydrogens (tertiary/aromatic N) is 5. The van der Waals surface area contributed by atoms with Gasteiger partial charge in [0.2, 0.25) is 0 Å². The Labute approximate surface area is 167 Å². The van der Waals surface area contributed by atoms with Crippen molar-refractivity contribution < 1.29 is 4.52 Å². The van der Waals surface area contributed by atoms with E-state index in [1.807, 2.05) is 38.1 Å². The highest BCUT2D eigenvalue weighted by Gasteiger charge is 2.17. The molecule has 29 heavy (non-hydrogen) atoms. The highest BCUT2D eigenvalue weighted by atomic mass is 16.5. The van der Waals surface area contributed by atoms with Gasteiger partial charge in [-0.05, 0) is 43.7 Å². The molecular formula is C21H20N6O2. The molecule has 0 spiro atoms. The van der Waals surface area contributed by atoms with E-state index in [1.165, 1.54) is 4.68 Å². The largest absolute Gasteiger partial charge is 0.373 e. The van der Waals surface area contributed by atoms with E-state index in [2.05, 4.69) is 25.5 Å². The first kappa shape index (κ1) is 18.5. The monoisotopic (exact) mass is 388 g/mol. The van der Waals surface area contributed by atoms with Gasteiger partial charge in [0.05, 0.1) is 12.7 Å². The predicted molar refractivity (Wildman–Crippen MR) is 110 cm³/mol. The summed E-state index contributed by atoms with van der Waals surface area (Å²) in [6, 6.07) is 9.13. The maximum absolute atomic E-state index is 12.7. The molecule has 0 amide bonds. The molecule has 0 saturated carbocycles. The third kappa shape index (κ3) is 3.77. The lowest BCUT2D eigenvalue weighted by Crippen LogP contribution is -2.23. The van der Waals surface area contributed by atoms with E-state index in [1.54, 1.807) is 31.7 Å². The van der Waals surface area contributed by atoms with Gasteiger partial charge >= 0.3 is 0 Å². The Morgan fingerprint density at radius 1 is 1.03 bits per heavy atom. The zero-order valence-electron chi connectivity index (χ0n) is 16.4. The van der Waals surface area contributed by atoms with Gasteiger partial charge in [0, 0.05) is 47.9 Å². The van der Waals surface area contributed by atoms with Crippen molar-refractivity contribution in [1.29, 1.82) is 0 Å². The molecule has 4 heterocycles. The van der Waals surface area contributed by atoms with Crippen molar-refractivity contribution in [3.05, 3.63) is 76.3 Å². The van der Waals surface area contributed by atoms with Crippen LogP contribution in [-0.4, -0.2) is 32.0 Å². The van der Waals surface area contributed by atoms with Crippen LogP contribution in [0.25, 0.3) is 22.4 Å². The number of anilines is 1. The first-order valence-corrected chi connectivity index (χ1v) is 9.14. The number of hydrogen-bond donors (Lipinski definition) is 1. The van der Waals surface area contributed by atoms with E-state index >= 15 is 0 Å². The Morgan fingerprint density at radius 2 is 1.90 bits per heavy atom. The fourth-order valence-electron chi connectivity index (χ4n) is 3.02. The number of pyridine rings is 2. The average Bonchev–Trinajstić information content (AvgIpc) is 3.10. The molecule has 0 fully saturated rings. The average molecular weight is 388 g/mol. The Hall–Kier alpha value is -3.81. The summed E-state index contributed by atoms with van der Waals surface area (Å²) in [5, 5.41) is 11.5. The van der Waals surface area contributed by atoms with Crippen LogP contribution in [0, 0.1) is 13.8 Å². The van der Waals surface area contributed by atoms with Crippen molar-refractivity contribution in [2.45, 2.75) is 20.4 Å². The maximum atomic E-state index is 12.7. The van der Waals surface area contributed by atoms with E-state index in [9.17, 15) is 4.79 Å². The van der Waals surface area contributed by atoms with Crippen LogP contribution in [0.5, 0.6) is 0 Å². The molecule has 4 aromatic rings. The van der Waals surface area contributed by atoms with Crippen LogP contribution in [0.4, 0.5) is 5.82 Å². The molecule has 4 aromatic heterocycles. The van der Waals surface area contributed by atoms with E-state index < -0.39 is 0 Å². The Morgan fingerprint density at radius 3 is 2.62 bits per heavy atom. The summed E-state index contributed by atoms with van der Waals surface area (Å²) in [5.74, 6) is 1.37. The zero-order valence-corrected chi connectivity index (χ0v) is 16.4. The van der Waals surface area contributed by atoms with E-state index in [-0.39, 0.29) is 12.1 Å². The molecule has 0 aliphatic carbocycles. The van der Waals surface area contributed by atoms with Gasteiger partial charge < -0.3 is 9.84 Å². The van der Waals surface area contributed by atoms with Gasteiger partial charge in [-0.1, -0.05) is 5.16 Å². The van der Waals surface area contributed by atoms with E-state index in [4.69, 9.17) is 4.52 Å². The summed E-state index contributed by atoms with van der Waals surface area (Å²) in [6.07, 6.45) is 5.11. The van der Waals surface area contributed by atoms with Crippen LogP contribution in [-0.2, 0) is 6.54 Å². The normalized spacial score (nSPS) is 10.9. The highest BCUT2D eigenvalue weighted by Crippen LogP contribution is 2.25. The number of hydrogen-bond acceptors (Lipinski definition) is 7. The lowest BCUT2D eigenvalue weighted by Gasteiger charge is -2.08. The summed E-state index contributed by atoms with van der Waals surface area (Å²) in [6.45, 7) is 4.00. The van der Waals surface area contributed by atoms with Crippen LogP contribution in [0.3, 0.4) is 0 Å². The molecule has 4 rings (SSSR count). The topological polar surface area (TPSA) is 98.7 Å². The number of aryl methyl sites for hydroxylation is 2. The summed E-state index contributed by atoms with van der Waals surface area (Å²) in [4.78, 5) is 21.2. The van der Waals surface area contributed by atoms with Crippen molar-refractivity contribution in [1.82, 2.24) is 24.9 Å². The molecule has 0 unspecified atom stereocenters. The van der Waals surface area contributed by atoms with Crippen molar-refractivity contribution >= 4 is 5.82 Å². The molecule has 0 aromatic carbocycles. The number of nitrogens with one attached hydrogen (secondary N) is 1. The van der Waals surface area contributed by atoms with Gasteiger partial charge in [0.25, 0.3) is 5.56 Å². The first-order chi connectivity index (χ1) is 14.0. The summed E-state index contributed by atoms with van der Waals surface area (Å²) in [7, 11) is 1.80. The molecule has 146 valence electrons. The minimum atomic E-state index is -0.209. The van der Waals surface area contributed by atoms with Gasteiger partial charge in [-0.3, -0.25) is 9.78 Å². The molecule has 8 heteroatoms. The third-order valence-electron chi connectivity index (χ3n) is 4.70. The Bertz CT molecular complexity index is 1210. The highest BCUT2D eigenvalue weighted by molar-refractivity contribution is 5.65. The van der Waals surface area contributed by atoms with Gasteiger partial charge in [-0.15, -0.1) is 0 Å². The lowest BCUT2D eigenvalue weighted by atomic mass is 10.1. The van der Waals surface area contributed by atoms with Crippen LogP contribution in [0.2, 0.25) is 0 Å². The van der Waals surface area contributed by atoms with Crippen molar-refractivity contribution in [3.63, 3.8) is 0 Å². The number of rotatable bonds is 5. The number of aromatic nitrogens is 5. The molecule has 0 radical (unpaired) electrons. The predicted octanol–water partition coefficient (Wildman–Crippen LogP) is 3.06. The van der Waals surface area contributed by atoms with Crippen molar-refractivity contribution in [2.75, 3.05) is 12.4 Å². The molecule has 0 aliphatic heterocycles. The standard InChI is InChI=1S/C21H20N6O2/c1-13-4-5-16(10-24-13)21-18(14(2)29-26-21)12-27-20(28)9-17(11-25-27)15-6-7-23-19(8-15)22-3/h4-11H,12H2,1-3H3,(H,22,23). The molecule has 0 bridgehead atoms. The summed E-state index contributed by atoms with van der Waals surface area (Å²) >= 11 is 0. The summed E-state index contributed by atoms with van der Waals surface area (Å²) < 4.78 is 6.77. The molecular weight excluding hydrogens is 368 g/mol. The second kappa shape index (κ2) is 7.67. The minimum Gasteiger partial charge on any atom is -0.373 e. The molecule has 8 nitrogen and oxygen atoms in total. The van der Waals surface area contributed by atoms with Crippen molar-refractivity contribution in [3.8, 4) is 22.4 Å². The summed E-state index contributed by atoms with van der Waals surface area (Å²) in [5.41, 5.74) is 4.62. The van der Waals surface area contributed by atoms with Crippen LogP contribution < -0.4 is 10.9 Å². The maximum Gasteiger partial charge on any atom is 0.267 e. The smallest absolute Gasteiger partial charge is 0.267 e. The van der Waals surface area contributed by atoms with Crippen LogP contribution in [0.1, 0.15) is 17.0 Å². The van der Waals surface area contributed by atoms with E-state index in [0.717, 1.165) is 33.8 Å². The third-order valence-corrected chi connectivity index (χ3v) is 4.70. The molecule has 0 saturated heterocycles. The quantitative estimate of drug-likeness (QED) is 0.561. The van der Waals surface area contributed by atoms with Gasteiger partial charge in [-0.2, -0.15) is 5.10 Å². The second-order valence-corrected chi connectivity index (χ2v) is 6.67. The van der Waals surface area contributed by atoms with Crippen LogP contribution in [0.15, 0.2) is 58.2 Å². The minimum absolute atomic E-state index is 0.209. The lowest BCUT2D eigenvalue weighted by molar-refractivity contribution is 0.397. The van der Waals surface area contributed by atoms with E-state index in [0.29, 0.717) is 11.5 Å². The molecule has 0 aliphatic rings. The Balaban J connectivity index is 1.66. The van der Waals surface area contributed by atoms with Crippen molar-refractivity contribution in [2.24, 2.45) is 0 Å². The molecule has 1 N–H and O–H groups in total. The fraction of sp³-hybridized carbons (Fsp3) is 0.190. The first-order valence-electron chi connectivity index (χ1n) is 9.14. The van der Waals surface area contributed by atoms with Gasteiger partial charge in [0.15, 0.2) is 0 Å². The van der Waals surface area contributed by atoms with Gasteiger partial charge in [0.1, 0.15) is 17.3 Å². The second-order valence-electron chi connectivity index (χ2n) is 6.67. The Kier molecular flexibility index (Phi) is 4.90. The molecule has 0 atom stereocenters. The zero-order chi connectivity index (χ0) is 20.4. The SMILES string of the molecule is CNc1cc(-c2cnn(Cc3c(-c4ccc(C)nc4)noc3C)c(=O)c2)ccn1. The van der Waals surface area contributed by atoms with Gasteiger partial charge in [-0.25, -0.2) is 9.67 Å².